The maximum absolute atomic E-state index is 14.8. The van der Waals surface area contributed by atoms with E-state index in [0.717, 1.165) is 24.3 Å². The predicted molar refractivity (Wildman–Crippen MR) is 142 cm³/mol. The molecule has 0 aliphatic heterocycles. The number of carbonyl (C=O) groups is 4. The van der Waals surface area contributed by atoms with Crippen LogP contribution in [0.1, 0.15) is 26.3 Å². The van der Waals surface area contributed by atoms with Crippen molar-refractivity contribution >= 4 is 35.3 Å². The zero-order chi connectivity index (χ0) is 29.6. The Morgan fingerprint density at radius 1 is 0.854 bits per heavy atom. The third-order valence-corrected chi connectivity index (χ3v) is 5.64. The van der Waals surface area contributed by atoms with Crippen LogP contribution in [0.3, 0.4) is 0 Å². The lowest BCUT2D eigenvalue weighted by molar-refractivity contribution is -0.147. The van der Waals surface area contributed by atoms with E-state index in [2.05, 4.69) is 15.7 Å². The Morgan fingerprint density at radius 3 is 2.17 bits per heavy atom. The van der Waals surface area contributed by atoms with E-state index in [0.29, 0.717) is 5.69 Å². The molecule has 0 atom stereocenters. The first-order chi connectivity index (χ1) is 19.6. The number of amides is 4. The lowest BCUT2D eigenvalue weighted by Crippen LogP contribution is -2.48. The number of carbonyl (C=O) groups excluding carboxylic acids is 3. The molecule has 4 amide bonds. The third-order valence-electron chi connectivity index (χ3n) is 5.64. The molecule has 0 bridgehead atoms. The number of rotatable bonds is 8. The maximum atomic E-state index is 14.8. The van der Waals surface area contributed by atoms with Gasteiger partial charge in [0, 0.05) is 11.1 Å². The number of hydrogen-bond acceptors (Lipinski definition) is 6. The Bertz CT molecular complexity index is 1590. The molecule has 12 nitrogen and oxygen atoms in total. The quantitative estimate of drug-likeness (QED) is 0.203. The number of ether oxygens (including phenoxy) is 1. The molecule has 210 valence electrons. The minimum absolute atomic E-state index is 0.0179. The molecule has 0 fully saturated rings. The van der Waals surface area contributed by atoms with Crippen LogP contribution in [0.2, 0.25) is 0 Å². The number of methoxy groups -OCH3 is 1. The molecule has 0 spiro atoms. The van der Waals surface area contributed by atoms with Gasteiger partial charge < -0.3 is 15.2 Å². The number of hydrogen-bond donors (Lipinski definition) is 5. The average molecular weight is 565 g/mol. The number of aromatic nitrogens is 2. The fraction of sp³-hybridized carbons (Fsp3) is 0.0741. The van der Waals surface area contributed by atoms with Crippen LogP contribution in [-0.2, 0) is 10.7 Å². The van der Waals surface area contributed by atoms with Gasteiger partial charge in [0.15, 0.2) is 5.82 Å². The van der Waals surface area contributed by atoms with Crippen molar-refractivity contribution in [3.63, 3.8) is 0 Å². The second kappa shape index (κ2) is 11.9. The molecule has 0 aliphatic carbocycles. The van der Waals surface area contributed by atoms with E-state index in [9.17, 15) is 28.0 Å². The van der Waals surface area contributed by atoms with Crippen LogP contribution < -0.4 is 26.2 Å². The minimum Gasteiger partial charge on any atom is -0.496 e. The number of hydrazine groups is 1. The van der Waals surface area contributed by atoms with Gasteiger partial charge in [0.05, 0.1) is 24.6 Å². The van der Waals surface area contributed by atoms with Crippen LogP contribution in [-0.4, -0.2) is 45.8 Å². The summed E-state index contributed by atoms with van der Waals surface area (Å²) in [4.78, 5) is 48.5. The molecule has 5 N–H and O–H groups in total. The normalized spacial score (nSPS) is 10.8. The smallest absolute Gasteiger partial charge is 0.409 e. The van der Waals surface area contributed by atoms with Gasteiger partial charge in [-0.2, -0.15) is 8.78 Å². The van der Waals surface area contributed by atoms with Gasteiger partial charge in [0.25, 0.3) is 11.8 Å². The summed E-state index contributed by atoms with van der Waals surface area (Å²) in [6, 6.07) is 18.5. The molecule has 4 rings (SSSR count). The Labute approximate surface area is 230 Å². The number of halogens is 2. The van der Waals surface area contributed by atoms with Crippen molar-refractivity contribution in [2.24, 2.45) is 0 Å². The third kappa shape index (κ3) is 6.44. The van der Waals surface area contributed by atoms with E-state index in [1.807, 2.05) is 5.43 Å². The first kappa shape index (κ1) is 28.2. The van der Waals surface area contributed by atoms with Gasteiger partial charge in [-0.25, -0.2) is 9.48 Å². The summed E-state index contributed by atoms with van der Waals surface area (Å²) in [5.74, 6) is -7.48. The van der Waals surface area contributed by atoms with E-state index in [4.69, 9.17) is 9.84 Å². The van der Waals surface area contributed by atoms with E-state index < -0.39 is 35.3 Å². The maximum Gasteiger partial charge on any atom is 0.409 e. The van der Waals surface area contributed by atoms with Gasteiger partial charge in [-0.3, -0.25) is 30.6 Å². The SMILES string of the molecule is COc1ccccc1C(=O)NNC(=O)C(F)(F)c1ccc(C(=O)Nc2nn(-c3ccccc3)cc2NC(=O)O)cc1. The fourth-order valence-electron chi connectivity index (χ4n) is 3.62. The average Bonchev–Trinajstić information content (AvgIpc) is 3.37. The van der Waals surface area contributed by atoms with Crippen LogP contribution >= 0.6 is 0 Å². The van der Waals surface area contributed by atoms with Gasteiger partial charge in [-0.15, -0.1) is 5.10 Å². The molecule has 0 radical (unpaired) electrons. The molecule has 14 heteroatoms. The molecule has 1 heterocycles. The molecule has 3 aromatic carbocycles. The number of anilines is 2. The summed E-state index contributed by atoms with van der Waals surface area (Å²) in [6.45, 7) is 0. The van der Waals surface area contributed by atoms with Crippen molar-refractivity contribution in [1.82, 2.24) is 20.6 Å². The van der Waals surface area contributed by atoms with Crippen molar-refractivity contribution in [3.8, 4) is 11.4 Å². The number of alkyl halides is 2. The molecule has 4 aromatic rings. The highest BCUT2D eigenvalue weighted by Gasteiger charge is 2.41. The number of benzene rings is 3. The standard InChI is InChI=1S/C27H22F2N6O6/c1-41-21-10-6-5-9-19(21)24(37)32-33-25(38)27(28,29)17-13-11-16(12-14-17)23(36)31-22-20(30-26(39)40)15-35(34-22)18-7-3-2-4-8-18/h2-15,30H,1H3,(H,32,37)(H,33,38)(H,39,40)(H,31,34,36). The summed E-state index contributed by atoms with van der Waals surface area (Å²) in [6.07, 6.45) is -0.0365. The predicted octanol–water partition coefficient (Wildman–Crippen LogP) is 3.78. The summed E-state index contributed by atoms with van der Waals surface area (Å²) in [7, 11) is 1.33. The molecule has 1 aromatic heterocycles. The van der Waals surface area contributed by atoms with E-state index in [1.54, 1.807) is 41.8 Å². The highest BCUT2D eigenvalue weighted by molar-refractivity contribution is 6.06. The fourth-order valence-corrected chi connectivity index (χ4v) is 3.62. The highest BCUT2D eigenvalue weighted by Crippen LogP contribution is 2.29. The first-order valence-electron chi connectivity index (χ1n) is 11.8. The lowest BCUT2D eigenvalue weighted by Gasteiger charge is -2.17. The van der Waals surface area contributed by atoms with Crippen LogP contribution in [0.15, 0.2) is 85.1 Å². The summed E-state index contributed by atoms with van der Waals surface area (Å²) in [5, 5.41) is 17.9. The Kier molecular flexibility index (Phi) is 8.22. The van der Waals surface area contributed by atoms with Gasteiger partial charge in [0.1, 0.15) is 11.4 Å². The Morgan fingerprint density at radius 2 is 1.51 bits per heavy atom. The Hall–Kier alpha value is -5.79. The van der Waals surface area contributed by atoms with E-state index in [1.165, 1.54) is 36.2 Å². The second-order valence-corrected chi connectivity index (χ2v) is 8.32. The second-order valence-electron chi connectivity index (χ2n) is 8.32. The first-order valence-corrected chi connectivity index (χ1v) is 11.8. The number of carboxylic acid groups (broad SMARTS) is 1. The van der Waals surface area contributed by atoms with Crippen molar-refractivity contribution < 1.29 is 37.8 Å². The van der Waals surface area contributed by atoms with Crippen molar-refractivity contribution in [1.29, 1.82) is 0 Å². The minimum atomic E-state index is -4.07. The molecular weight excluding hydrogens is 542 g/mol. The zero-order valence-corrected chi connectivity index (χ0v) is 21.2. The van der Waals surface area contributed by atoms with Crippen LogP contribution in [0.4, 0.5) is 25.1 Å². The van der Waals surface area contributed by atoms with Crippen molar-refractivity contribution in [2.45, 2.75) is 5.92 Å². The molecule has 41 heavy (non-hydrogen) atoms. The van der Waals surface area contributed by atoms with Crippen LogP contribution in [0, 0.1) is 0 Å². The van der Waals surface area contributed by atoms with Crippen LogP contribution in [0.25, 0.3) is 5.69 Å². The zero-order valence-electron chi connectivity index (χ0n) is 21.2. The topological polar surface area (TPSA) is 164 Å². The molecule has 0 aliphatic rings. The van der Waals surface area contributed by atoms with Gasteiger partial charge in [-0.1, -0.05) is 42.5 Å². The van der Waals surface area contributed by atoms with E-state index in [-0.39, 0.29) is 28.4 Å². The molecule has 0 saturated carbocycles. The number of nitrogens with one attached hydrogen (secondary N) is 4. The summed E-state index contributed by atoms with van der Waals surface area (Å²) < 4.78 is 36.0. The monoisotopic (exact) mass is 564 g/mol. The number of nitrogens with zero attached hydrogens (tertiary/aromatic N) is 2. The molecule has 0 saturated heterocycles. The lowest BCUT2D eigenvalue weighted by atomic mass is 10.1. The molecule has 0 unspecified atom stereocenters. The largest absolute Gasteiger partial charge is 0.496 e. The van der Waals surface area contributed by atoms with Gasteiger partial charge >= 0.3 is 17.9 Å². The number of para-hydroxylation sites is 2. The van der Waals surface area contributed by atoms with Crippen molar-refractivity contribution in [3.05, 3.63) is 102 Å². The van der Waals surface area contributed by atoms with Crippen molar-refractivity contribution in [2.75, 3.05) is 17.7 Å². The molecular formula is C27H22F2N6O6. The van der Waals surface area contributed by atoms with E-state index >= 15 is 0 Å². The van der Waals surface area contributed by atoms with Crippen LogP contribution in [0.5, 0.6) is 5.75 Å². The summed E-state index contributed by atoms with van der Waals surface area (Å²) >= 11 is 0. The highest BCUT2D eigenvalue weighted by atomic mass is 19.3. The van der Waals surface area contributed by atoms with Gasteiger partial charge in [0.2, 0.25) is 0 Å². The van der Waals surface area contributed by atoms with Gasteiger partial charge in [-0.05, 0) is 36.4 Å². The Balaban J connectivity index is 1.44. The summed E-state index contributed by atoms with van der Waals surface area (Å²) in [5.41, 5.74) is 3.36.